The van der Waals surface area contributed by atoms with Crippen LogP contribution in [0, 0.1) is 0 Å². The number of ketones is 1. The molecule has 2 amide bonds. The van der Waals surface area contributed by atoms with Gasteiger partial charge >= 0.3 is 0 Å². The lowest BCUT2D eigenvalue weighted by Gasteiger charge is -2.12. The average molecular weight is 259 g/mol. The van der Waals surface area contributed by atoms with E-state index in [1.54, 1.807) is 24.3 Å². The smallest absolute Gasteiger partial charge is 0.261 e. The van der Waals surface area contributed by atoms with E-state index in [1.165, 1.54) is 4.90 Å². The van der Waals surface area contributed by atoms with E-state index in [0.717, 1.165) is 6.42 Å². The fourth-order valence-electron chi connectivity index (χ4n) is 2.28. The number of benzene rings is 1. The SMILES string of the molecule is CCCC(=O)CCCN1C(=O)c2ccccc2C1=O. The van der Waals surface area contributed by atoms with Crippen LogP contribution in [0.25, 0.3) is 0 Å². The second-order valence-corrected chi connectivity index (χ2v) is 4.70. The van der Waals surface area contributed by atoms with Crippen molar-refractivity contribution >= 4 is 17.6 Å². The van der Waals surface area contributed by atoms with Crippen molar-refractivity contribution in [1.29, 1.82) is 0 Å². The van der Waals surface area contributed by atoms with E-state index in [-0.39, 0.29) is 17.6 Å². The summed E-state index contributed by atoms with van der Waals surface area (Å²) in [6, 6.07) is 6.83. The Balaban J connectivity index is 1.95. The summed E-state index contributed by atoms with van der Waals surface area (Å²) in [5.41, 5.74) is 0.930. The van der Waals surface area contributed by atoms with E-state index in [2.05, 4.69) is 0 Å². The van der Waals surface area contributed by atoms with Gasteiger partial charge in [-0.15, -0.1) is 0 Å². The van der Waals surface area contributed by atoms with Gasteiger partial charge in [0, 0.05) is 19.4 Å². The molecule has 1 heterocycles. The summed E-state index contributed by atoms with van der Waals surface area (Å²) in [5.74, 6) is -0.300. The highest BCUT2D eigenvalue weighted by Crippen LogP contribution is 2.22. The molecule has 1 aromatic rings. The number of rotatable bonds is 6. The number of fused-ring (bicyclic) bond motifs is 1. The molecule has 1 aliphatic heterocycles. The third kappa shape index (κ3) is 2.72. The first-order valence-corrected chi connectivity index (χ1v) is 6.62. The van der Waals surface area contributed by atoms with Gasteiger partial charge in [-0.2, -0.15) is 0 Å². The van der Waals surface area contributed by atoms with Crippen LogP contribution in [0.5, 0.6) is 0 Å². The molecule has 0 radical (unpaired) electrons. The van der Waals surface area contributed by atoms with Crippen molar-refractivity contribution in [2.24, 2.45) is 0 Å². The van der Waals surface area contributed by atoms with E-state index in [0.29, 0.717) is 36.9 Å². The molecule has 0 aliphatic carbocycles. The first-order chi connectivity index (χ1) is 9.15. The molecule has 0 fully saturated rings. The summed E-state index contributed by atoms with van der Waals surface area (Å²) in [6.45, 7) is 2.28. The summed E-state index contributed by atoms with van der Waals surface area (Å²) < 4.78 is 0. The van der Waals surface area contributed by atoms with Gasteiger partial charge in [0.1, 0.15) is 5.78 Å². The summed E-state index contributed by atoms with van der Waals surface area (Å²) >= 11 is 0. The second kappa shape index (κ2) is 5.78. The van der Waals surface area contributed by atoms with Crippen molar-refractivity contribution in [1.82, 2.24) is 4.90 Å². The normalized spacial score (nSPS) is 13.8. The zero-order valence-electron chi connectivity index (χ0n) is 11.0. The highest BCUT2D eigenvalue weighted by Gasteiger charge is 2.34. The van der Waals surface area contributed by atoms with Crippen molar-refractivity contribution in [2.45, 2.75) is 32.6 Å². The van der Waals surface area contributed by atoms with Gasteiger partial charge in [-0.3, -0.25) is 19.3 Å². The molecule has 0 bridgehead atoms. The van der Waals surface area contributed by atoms with Gasteiger partial charge in [-0.1, -0.05) is 19.1 Å². The van der Waals surface area contributed by atoms with E-state index in [1.807, 2.05) is 6.92 Å². The van der Waals surface area contributed by atoms with Gasteiger partial charge in [0.15, 0.2) is 0 Å². The first-order valence-electron chi connectivity index (χ1n) is 6.62. The average Bonchev–Trinajstić information content (AvgIpc) is 2.65. The van der Waals surface area contributed by atoms with Crippen LogP contribution in [-0.2, 0) is 4.79 Å². The van der Waals surface area contributed by atoms with Crippen molar-refractivity contribution in [3.63, 3.8) is 0 Å². The molecule has 100 valence electrons. The lowest BCUT2D eigenvalue weighted by atomic mass is 10.1. The standard InChI is InChI=1S/C15H17NO3/c1-2-6-11(17)7-5-10-16-14(18)12-8-3-4-9-13(12)15(16)19/h3-4,8-9H,2,5-7,10H2,1H3. The minimum absolute atomic E-state index is 0.194. The number of Topliss-reactive ketones (excluding diaryl/α,β-unsaturated/α-hetero) is 1. The maximum Gasteiger partial charge on any atom is 0.261 e. The number of imide groups is 1. The lowest BCUT2D eigenvalue weighted by molar-refractivity contribution is -0.119. The van der Waals surface area contributed by atoms with Gasteiger partial charge in [-0.25, -0.2) is 0 Å². The second-order valence-electron chi connectivity index (χ2n) is 4.70. The number of hydrogen-bond donors (Lipinski definition) is 0. The molecule has 0 N–H and O–H groups in total. The fraction of sp³-hybridized carbons (Fsp3) is 0.400. The van der Waals surface area contributed by atoms with Crippen LogP contribution in [0.15, 0.2) is 24.3 Å². The molecule has 0 spiro atoms. The maximum atomic E-state index is 12.0. The number of carbonyl (C=O) groups is 3. The summed E-state index contributed by atoms with van der Waals surface area (Å²) in [6.07, 6.45) is 2.39. The van der Waals surface area contributed by atoms with Crippen molar-refractivity contribution in [3.8, 4) is 0 Å². The van der Waals surface area contributed by atoms with Crippen molar-refractivity contribution in [2.75, 3.05) is 6.54 Å². The topological polar surface area (TPSA) is 54.5 Å². The van der Waals surface area contributed by atoms with Gasteiger partial charge in [-0.05, 0) is 25.0 Å². The van der Waals surface area contributed by atoms with Gasteiger partial charge in [0.05, 0.1) is 11.1 Å². The number of hydrogen-bond acceptors (Lipinski definition) is 3. The maximum absolute atomic E-state index is 12.0. The molecule has 0 atom stereocenters. The Labute approximate surface area is 112 Å². The fourth-order valence-corrected chi connectivity index (χ4v) is 2.28. The van der Waals surface area contributed by atoms with Crippen LogP contribution in [0.2, 0.25) is 0 Å². The van der Waals surface area contributed by atoms with Crippen LogP contribution in [0.4, 0.5) is 0 Å². The zero-order valence-corrected chi connectivity index (χ0v) is 11.0. The van der Waals surface area contributed by atoms with Crippen molar-refractivity contribution in [3.05, 3.63) is 35.4 Å². The molecule has 19 heavy (non-hydrogen) atoms. The third-order valence-corrected chi connectivity index (χ3v) is 3.24. The molecule has 0 aromatic heterocycles. The van der Waals surface area contributed by atoms with E-state index >= 15 is 0 Å². The molecular weight excluding hydrogens is 242 g/mol. The molecule has 2 rings (SSSR count). The highest BCUT2D eigenvalue weighted by atomic mass is 16.2. The largest absolute Gasteiger partial charge is 0.300 e. The number of amides is 2. The molecule has 0 saturated carbocycles. The van der Waals surface area contributed by atoms with Gasteiger partial charge < -0.3 is 0 Å². The summed E-state index contributed by atoms with van der Waals surface area (Å²) in [4.78, 5) is 36.7. The number of carbonyl (C=O) groups excluding carboxylic acids is 3. The van der Waals surface area contributed by atoms with Crippen LogP contribution < -0.4 is 0 Å². The third-order valence-electron chi connectivity index (χ3n) is 3.24. The lowest BCUT2D eigenvalue weighted by Crippen LogP contribution is -2.31. The zero-order chi connectivity index (χ0) is 13.8. The molecule has 0 unspecified atom stereocenters. The van der Waals surface area contributed by atoms with Gasteiger partial charge in [0.25, 0.3) is 11.8 Å². The van der Waals surface area contributed by atoms with Gasteiger partial charge in [0.2, 0.25) is 0 Å². The Morgan fingerprint density at radius 1 is 1.05 bits per heavy atom. The summed E-state index contributed by atoms with van der Waals surface area (Å²) in [7, 11) is 0. The van der Waals surface area contributed by atoms with Crippen LogP contribution >= 0.6 is 0 Å². The number of nitrogens with zero attached hydrogens (tertiary/aromatic N) is 1. The molecule has 1 aromatic carbocycles. The molecule has 4 nitrogen and oxygen atoms in total. The monoisotopic (exact) mass is 259 g/mol. The Morgan fingerprint density at radius 3 is 2.16 bits per heavy atom. The van der Waals surface area contributed by atoms with Crippen LogP contribution in [-0.4, -0.2) is 29.0 Å². The quantitative estimate of drug-likeness (QED) is 0.737. The van der Waals surface area contributed by atoms with Crippen LogP contribution in [0.3, 0.4) is 0 Å². The Hall–Kier alpha value is -1.97. The molecular formula is C15H17NO3. The minimum Gasteiger partial charge on any atom is -0.300 e. The first kappa shape index (κ1) is 13.5. The highest BCUT2D eigenvalue weighted by molar-refractivity contribution is 6.21. The Bertz CT molecular complexity index is 487. The van der Waals surface area contributed by atoms with E-state index < -0.39 is 0 Å². The van der Waals surface area contributed by atoms with Crippen molar-refractivity contribution < 1.29 is 14.4 Å². The predicted molar refractivity (Wildman–Crippen MR) is 71.0 cm³/mol. The molecule has 1 aliphatic rings. The summed E-state index contributed by atoms with van der Waals surface area (Å²) in [5, 5.41) is 0. The Morgan fingerprint density at radius 2 is 1.63 bits per heavy atom. The predicted octanol–water partition coefficient (Wildman–Crippen LogP) is 2.43. The van der Waals surface area contributed by atoms with Crippen LogP contribution in [0.1, 0.15) is 53.3 Å². The Kier molecular flexibility index (Phi) is 4.10. The van der Waals surface area contributed by atoms with E-state index in [4.69, 9.17) is 0 Å². The minimum atomic E-state index is -0.247. The molecule has 0 saturated heterocycles. The van der Waals surface area contributed by atoms with E-state index in [9.17, 15) is 14.4 Å². The molecule has 4 heteroatoms.